The molecule has 0 saturated carbocycles. The van der Waals surface area contributed by atoms with Gasteiger partial charge in [0.15, 0.2) is 0 Å². The molecule has 0 radical (unpaired) electrons. The molecule has 3 aromatic rings. The second-order valence-electron chi connectivity index (χ2n) is 3.41. The van der Waals surface area contributed by atoms with E-state index in [1.807, 2.05) is 0 Å². The van der Waals surface area contributed by atoms with E-state index in [0.717, 1.165) is 4.70 Å². The van der Waals surface area contributed by atoms with Crippen LogP contribution in [-0.2, 0) is 0 Å². The van der Waals surface area contributed by atoms with Gasteiger partial charge in [-0.1, -0.05) is 0 Å². The molecule has 0 unspecified atom stereocenters. The third kappa shape index (κ3) is 1.36. The number of ether oxygens (including phenoxy) is 1. The van der Waals surface area contributed by atoms with Gasteiger partial charge in [-0.15, -0.1) is 11.3 Å². The average Bonchev–Trinajstić information content (AvgIpc) is 2.68. The zero-order valence-corrected chi connectivity index (χ0v) is 9.55. The third-order valence-electron chi connectivity index (χ3n) is 2.43. The number of hydrogen-bond acceptors (Lipinski definition) is 5. The summed E-state index contributed by atoms with van der Waals surface area (Å²) in [6.45, 7) is 0. The Balaban J connectivity index is 2.67. The molecular formula is C10H7N3O3S. The lowest BCUT2D eigenvalue weighted by Crippen LogP contribution is -2.20. The van der Waals surface area contributed by atoms with E-state index in [1.54, 1.807) is 12.3 Å². The van der Waals surface area contributed by atoms with Crippen molar-refractivity contribution in [2.75, 3.05) is 7.11 Å². The number of aromatic nitrogens is 3. The van der Waals surface area contributed by atoms with Crippen LogP contribution in [0, 0.1) is 0 Å². The van der Waals surface area contributed by atoms with Gasteiger partial charge < -0.3 is 9.72 Å². The molecule has 0 bridgehead atoms. The Kier molecular flexibility index (Phi) is 2.02. The predicted molar refractivity (Wildman–Crippen MR) is 64.9 cm³/mol. The van der Waals surface area contributed by atoms with Crippen LogP contribution in [0.15, 0.2) is 21.9 Å². The van der Waals surface area contributed by atoms with Gasteiger partial charge in [0.2, 0.25) is 5.88 Å². The minimum absolute atomic E-state index is 0.396. The van der Waals surface area contributed by atoms with Crippen molar-refractivity contribution in [3.63, 3.8) is 0 Å². The molecule has 6 nitrogen and oxygen atoms in total. The normalized spacial score (nSPS) is 11.1. The molecule has 0 aliphatic rings. The predicted octanol–water partition coefficient (Wildman–Crippen LogP) is 0.835. The van der Waals surface area contributed by atoms with Gasteiger partial charge >= 0.3 is 5.69 Å². The highest BCUT2D eigenvalue weighted by Crippen LogP contribution is 2.34. The van der Waals surface area contributed by atoms with Crippen LogP contribution in [0.5, 0.6) is 5.88 Å². The van der Waals surface area contributed by atoms with E-state index in [1.165, 1.54) is 18.4 Å². The van der Waals surface area contributed by atoms with Crippen molar-refractivity contribution in [3.8, 4) is 5.88 Å². The summed E-state index contributed by atoms with van der Waals surface area (Å²) in [5.74, 6) is 0.398. The molecule has 3 rings (SSSR count). The topological polar surface area (TPSA) is 87.8 Å². The standard InChI is InChI=1S/C10H7N3O3S/c1-16-9-5-4(2-3-11-9)17-7-6(5)12-10(15)13-8(7)14/h2-3H,1H3,(H2,12,13,14,15). The molecule has 3 aromatic heterocycles. The van der Waals surface area contributed by atoms with Gasteiger partial charge in [0.05, 0.1) is 18.0 Å². The summed E-state index contributed by atoms with van der Waals surface area (Å²) in [5.41, 5.74) is -0.455. The third-order valence-corrected chi connectivity index (χ3v) is 3.59. The number of fused-ring (bicyclic) bond motifs is 3. The maximum Gasteiger partial charge on any atom is 0.326 e. The lowest BCUT2D eigenvalue weighted by atomic mass is 10.3. The number of hydrogen-bond donors (Lipinski definition) is 2. The quantitative estimate of drug-likeness (QED) is 0.668. The molecule has 0 aliphatic carbocycles. The fraction of sp³-hybridized carbons (Fsp3) is 0.100. The number of thiophene rings is 1. The van der Waals surface area contributed by atoms with Crippen molar-refractivity contribution in [1.29, 1.82) is 0 Å². The van der Waals surface area contributed by atoms with E-state index in [9.17, 15) is 9.59 Å². The van der Waals surface area contributed by atoms with E-state index in [-0.39, 0.29) is 0 Å². The first-order valence-corrected chi connectivity index (χ1v) is 5.60. The molecular weight excluding hydrogens is 242 g/mol. The van der Waals surface area contributed by atoms with Crippen LogP contribution >= 0.6 is 11.3 Å². The Morgan fingerprint density at radius 1 is 1.35 bits per heavy atom. The molecule has 3 heterocycles. The number of H-pyrrole nitrogens is 2. The number of nitrogens with zero attached hydrogens (tertiary/aromatic N) is 1. The summed E-state index contributed by atoms with van der Waals surface area (Å²) in [5, 5.41) is 0.665. The second kappa shape index (κ2) is 3.42. The Labute approximate surface area is 97.9 Å². The molecule has 0 spiro atoms. The number of methoxy groups -OCH3 is 1. The van der Waals surface area contributed by atoms with Gasteiger partial charge in [-0.3, -0.25) is 9.78 Å². The van der Waals surface area contributed by atoms with Gasteiger partial charge in [-0.05, 0) is 6.07 Å². The first-order chi connectivity index (χ1) is 8.20. The van der Waals surface area contributed by atoms with E-state index in [4.69, 9.17) is 4.74 Å². The molecule has 0 atom stereocenters. The van der Waals surface area contributed by atoms with E-state index in [2.05, 4.69) is 15.0 Å². The minimum atomic E-state index is -0.534. The highest BCUT2D eigenvalue weighted by Gasteiger charge is 2.13. The van der Waals surface area contributed by atoms with E-state index >= 15 is 0 Å². The van der Waals surface area contributed by atoms with Gasteiger partial charge in [0.25, 0.3) is 5.56 Å². The molecule has 0 saturated heterocycles. The smallest absolute Gasteiger partial charge is 0.326 e. The highest BCUT2D eigenvalue weighted by molar-refractivity contribution is 7.25. The Morgan fingerprint density at radius 3 is 2.94 bits per heavy atom. The molecule has 0 aromatic carbocycles. The van der Waals surface area contributed by atoms with Gasteiger partial charge in [0, 0.05) is 10.9 Å². The first kappa shape index (κ1) is 10.0. The van der Waals surface area contributed by atoms with Crippen LogP contribution in [0.1, 0.15) is 0 Å². The van der Waals surface area contributed by atoms with E-state index in [0.29, 0.717) is 21.5 Å². The molecule has 0 aliphatic heterocycles. The summed E-state index contributed by atoms with van der Waals surface area (Å²) in [4.78, 5) is 31.8. The first-order valence-electron chi connectivity index (χ1n) is 4.78. The van der Waals surface area contributed by atoms with Crippen molar-refractivity contribution >= 4 is 31.6 Å². The van der Waals surface area contributed by atoms with Crippen molar-refractivity contribution in [3.05, 3.63) is 33.1 Å². The van der Waals surface area contributed by atoms with Crippen LogP contribution in [0.25, 0.3) is 20.3 Å². The molecule has 0 fully saturated rings. The lowest BCUT2D eigenvalue weighted by Gasteiger charge is -1.99. The van der Waals surface area contributed by atoms with Gasteiger partial charge in [-0.2, -0.15) is 0 Å². The van der Waals surface area contributed by atoms with Gasteiger partial charge in [-0.25, -0.2) is 9.78 Å². The fourth-order valence-electron chi connectivity index (χ4n) is 1.75. The molecule has 7 heteroatoms. The largest absolute Gasteiger partial charge is 0.480 e. The van der Waals surface area contributed by atoms with Crippen LogP contribution < -0.4 is 16.0 Å². The molecule has 2 N–H and O–H groups in total. The monoisotopic (exact) mass is 249 g/mol. The number of rotatable bonds is 1. The summed E-state index contributed by atoms with van der Waals surface area (Å²) < 4.78 is 6.45. The van der Waals surface area contributed by atoms with Crippen LogP contribution in [0.3, 0.4) is 0 Å². The van der Waals surface area contributed by atoms with Crippen molar-refractivity contribution < 1.29 is 4.74 Å². The fourth-order valence-corrected chi connectivity index (χ4v) is 2.79. The van der Waals surface area contributed by atoms with Crippen LogP contribution in [0.2, 0.25) is 0 Å². The number of nitrogens with one attached hydrogen (secondary N) is 2. The van der Waals surface area contributed by atoms with Crippen LogP contribution in [0.4, 0.5) is 0 Å². The zero-order chi connectivity index (χ0) is 12.0. The molecule has 17 heavy (non-hydrogen) atoms. The highest BCUT2D eigenvalue weighted by atomic mass is 32.1. The maximum atomic E-state index is 11.6. The maximum absolute atomic E-state index is 11.6. The number of pyridine rings is 1. The second-order valence-corrected chi connectivity index (χ2v) is 4.46. The summed E-state index contributed by atoms with van der Waals surface area (Å²) >= 11 is 1.29. The zero-order valence-electron chi connectivity index (χ0n) is 8.73. The van der Waals surface area contributed by atoms with Crippen molar-refractivity contribution in [1.82, 2.24) is 15.0 Å². The Bertz CT molecular complexity index is 830. The summed E-state index contributed by atoms with van der Waals surface area (Å²) in [6, 6.07) is 1.78. The summed E-state index contributed by atoms with van der Waals surface area (Å²) in [6.07, 6.45) is 1.60. The molecule has 86 valence electrons. The lowest BCUT2D eigenvalue weighted by molar-refractivity contribution is 0.403. The summed E-state index contributed by atoms with van der Waals surface area (Å²) in [7, 11) is 1.50. The number of aromatic amines is 2. The Hall–Kier alpha value is -2.15. The van der Waals surface area contributed by atoms with Crippen LogP contribution in [-0.4, -0.2) is 22.1 Å². The minimum Gasteiger partial charge on any atom is -0.480 e. The Morgan fingerprint density at radius 2 is 2.18 bits per heavy atom. The van der Waals surface area contributed by atoms with Crippen molar-refractivity contribution in [2.45, 2.75) is 0 Å². The average molecular weight is 249 g/mol. The SMILES string of the molecule is COc1nccc2sc3c(=O)[nH]c(=O)[nH]c3c12. The van der Waals surface area contributed by atoms with Crippen molar-refractivity contribution in [2.24, 2.45) is 0 Å². The molecule has 0 amide bonds. The van der Waals surface area contributed by atoms with E-state index < -0.39 is 11.2 Å². The van der Waals surface area contributed by atoms with Gasteiger partial charge in [0.1, 0.15) is 4.70 Å².